The summed E-state index contributed by atoms with van der Waals surface area (Å²) in [4.78, 5) is 14.5. The number of carbonyl (C=O) groups excluding carboxylic acids is 1. The van der Waals surface area contributed by atoms with Gasteiger partial charge in [0, 0.05) is 30.6 Å². The van der Waals surface area contributed by atoms with Gasteiger partial charge >= 0.3 is 0 Å². The average molecular weight is 288 g/mol. The molecule has 3 rings (SSSR count). The molecule has 0 saturated heterocycles. The molecule has 0 bridgehead atoms. The maximum Gasteiger partial charge on any atom is 0.290 e. The van der Waals surface area contributed by atoms with Crippen molar-refractivity contribution in [2.75, 3.05) is 13.2 Å². The summed E-state index contributed by atoms with van der Waals surface area (Å²) in [5, 5.41) is 0. The number of ether oxygens (including phenoxy) is 1. The fourth-order valence-corrected chi connectivity index (χ4v) is 2.79. The SMILES string of the molecule is CCOC1CN(C(=O)c2occc2C)Cc2cccn2C1. The lowest BCUT2D eigenvalue weighted by Gasteiger charge is -2.23. The van der Waals surface area contributed by atoms with Crippen molar-refractivity contribution in [3.63, 3.8) is 0 Å². The van der Waals surface area contributed by atoms with Crippen molar-refractivity contribution in [3.05, 3.63) is 47.7 Å². The van der Waals surface area contributed by atoms with Gasteiger partial charge in [-0.3, -0.25) is 4.79 Å². The van der Waals surface area contributed by atoms with Gasteiger partial charge in [-0.2, -0.15) is 0 Å². The van der Waals surface area contributed by atoms with Gasteiger partial charge < -0.3 is 18.6 Å². The molecule has 0 N–H and O–H groups in total. The van der Waals surface area contributed by atoms with Gasteiger partial charge in [-0.05, 0) is 32.0 Å². The minimum atomic E-state index is -0.0724. The Labute approximate surface area is 124 Å². The number of amides is 1. The summed E-state index contributed by atoms with van der Waals surface area (Å²) in [6, 6.07) is 5.86. The number of rotatable bonds is 3. The standard InChI is InChI=1S/C16H20N2O3/c1-3-20-14-10-17-7-4-5-13(17)9-18(11-14)16(19)15-12(2)6-8-21-15/h4-8,14H,3,9-11H2,1-2H3. The smallest absolute Gasteiger partial charge is 0.290 e. The van der Waals surface area contributed by atoms with Crippen LogP contribution in [0.1, 0.15) is 28.7 Å². The van der Waals surface area contributed by atoms with Crippen LogP contribution in [-0.4, -0.2) is 34.6 Å². The second kappa shape index (κ2) is 5.77. The zero-order valence-electron chi connectivity index (χ0n) is 12.4. The van der Waals surface area contributed by atoms with Crippen LogP contribution in [0.25, 0.3) is 0 Å². The zero-order valence-corrected chi connectivity index (χ0v) is 12.4. The van der Waals surface area contributed by atoms with Crippen LogP contribution in [0.5, 0.6) is 0 Å². The molecule has 1 aliphatic heterocycles. The maximum atomic E-state index is 12.7. The minimum absolute atomic E-state index is 0.00266. The highest BCUT2D eigenvalue weighted by Gasteiger charge is 2.27. The summed E-state index contributed by atoms with van der Waals surface area (Å²) in [7, 11) is 0. The van der Waals surface area contributed by atoms with Crippen molar-refractivity contribution >= 4 is 5.91 Å². The largest absolute Gasteiger partial charge is 0.459 e. The zero-order chi connectivity index (χ0) is 14.8. The predicted molar refractivity (Wildman–Crippen MR) is 78.0 cm³/mol. The Kier molecular flexibility index (Phi) is 3.84. The molecule has 3 heterocycles. The third kappa shape index (κ3) is 2.74. The van der Waals surface area contributed by atoms with Gasteiger partial charge in [0.15, 0.2) is 5.76 Å². The summed E-state index contributed by atoms with van der Waals surface area (Å²) < 4.78 is 13.3. The Bertz CT molecular complexity index is 629. The van der Waals surface area contributed by atoms with E-state index in [0.717, 1.165) is 17.8 Å². The first-order valence-electron chi connectivity index (χ1n) is 7.28. The van der Waals surface area contributed by atoms with E-state index in [1.807, 2.05) is 43.1 Å². The van der Waals surface area contributed by atoms with Gasteiger partial charge in [0.25, 0.3) is 5.91 Å². The summed E-state index contributed by atoms with van der Waals surface area (Å²) in [5.74, 6) is 0.349. The number of aryl methyl sites for hydroxylation is 1. The van der Waals surface area contributed by atoms with E-state index in [2.05, 4.69) is 4.57 Å². The molecule has 1 atom stereocenters. The number of hydrogen-bond acceptors (Lipinski definition) is 3. The Morgan fingerprint density at radius 2 is 2.29 bits per heavy atom. The number of fused-ring (bicyclic) bond motifs is 1. The van der Waals surface area contributed by atoms with Gasteiger partial charge in [-0.1, -0.05) is 0 Å². The lowest BCUT2D eigenvalue weighted by molar-refractivity contribution is 0.0247. The molecule has 0 fully saturated rings. The van der Waals surface area contributed by atoms with Crippen molar-refractivity contribution in [3.8, 4) is 0 Å². The summed E-state index contributed by atoms with van der Waals surface area (Å²) in [6.45, 7) is 6.44. The second-order valence-electron chi connectivity index (χ2n) is 5.35. The summed E-state index contributed by atoms with van der Waals surface area (Å²) in [5.41, 5.74) is 1.99. The molecule has 1 amide bonds. The van der Waals surface area contributed by atoms with E-state index in [1.165, 1.54) is 0 Å². The van der Waals surface area contributed by atoms with E-state index >= 15 is 0 Å². The third-order valence-corrected chi connectivity index (χ3v) is 3.85. The molecule has 1 aliphatic rings. The van der Waals surface area contributed by atoms with Crippen LogP contribution in [0.4, 0.5) is 0 Å². The molecule has 0 saturated carbocycles. The van der Waals surface area contributed by atoms with Crippen LogP contribution < -0.4 is 0 Å². The fraction of sp³-hybridized carbons (Fsp3) is 0.438. The minimum Gasteiger partial charge on any atom is -0.459 e. The van der Waals surface area contributed by atoms with Crippen LogP contribution >= 0.6 is 0 Å². The second-order valence-corrected chi connectivity index (χ2v) is 5.35. The molecule has 21 heavy (non-hydrogen) atoms. The normalized spacial score (nSPS) is 18.4. The quantitative estimate of drug-likeness (QED) is 0.871. The Hall–Kier alpha value is -2.01. The number of nitrogens with zero attached hydrogens (tertiary/aromatic N) is 2. The van der Waals surface area contributed by atoms with Crippen LogP contribution in [0.15, 0.2) is 35.1 Å². The van der Waals surface area contributed by atoms with Gasteiger partial charge in [0.05, 0.1) is 25.5 Å². The molecule has 5 heteroatoms. The lowest BCUT2D eigenvalue weighted by atomic mass is 10.2. The number of hydrogen-bond donors (Lipinski definition) is 0. The molecule has 0 aliphatic carbocycles. The van der Waals surface area contributed by atoms with Crippen LogP contribution in [-0.2, 0) is 17.8 Å². The topological polar surface area (TPSA) is 47.6 Å². The van der Waals surface area contributed by atoms with E-state index in [9.17, 15) is 4.79 Å². The number of carbonyl (C=O) groups is 1. The first-order chi connectivity index (χ1) is 10.2. The average Bonchev–Trinajstić information content (AvgIpc) is 3.03. The van der Waals surface area contributed by atoms with Crippen LogP contribution in [0.3, 0.4) is 0 Å². The van der Waals surface area contributed by atoms with Crippen molar-refractivity contribution < 1.29 is 13.9 Å². The van der Waals surface area contributed by atoms with E-state index in [-0.39, 0.29) is 12.0 Å². The molecule has 1 unspecified atom stereocenters. The molecular formula is C16H20N2O3. The van der Waals surface area contributed by atoms with Crippen LogP contribution in [0.2, 0.25) is 0 Å². The molecule has 5 nitrogen and oxygen atoms in total. The van der Waals surface area contributed by atoms with E-state index in [1.54, 1.807) is 6.26 Å². The Morgan fingerprint density at radius 3 is 3.00 bits per heavy atom. The van der Waals surface area contributed by atoms with Crippen LogP contribution in [0, 0.1) is 6.92 Å². The number of furan rings is 1. The molecule has 0 aromatic carbocycles. The van der Waals surface area contributed by atoms with E-state index in [0.29, 0.717) is 25.5 Å². The van der Waals surface area contributed by atoms with E-state index in [4.69, 9.17) is 9.15 Å². The summed E-state index contributed by atoms with van der Waals surface area (Å²) in [6.07, 6.45) is 3.60. The molecule has 0 radical (unpaired) electrons. The lowest BCUT2D eigenvalue weighted by Crippen LogP contribution is -2.37. The Morgan fingerprint density at radius 1 is 1.43 bits per heavy atom. The van der Waals surface area contributed by atoms with Crippen molar-refractivity contribution in [1.29, 1.82) is 0 Å². The third-order valence-electron chi connectivity index (χ3n) is 3.85. The molecule has 2 aromatic rings. The maximum absolute atomic E-state index is 12.7. The Balaban J connectivity index is 1.87. The highest BCUT2D eigenvalue weighted by atomic mass is 16.5. The molecule has 0 spiro atoms. The highest BCUT2D eigenvalue weighted by Crippen LogP contribution is 2.19. The molecular weight excluding hydrogens is 268 g/mol. The first-order valence-corrected chi connectivity index (χ1v) is 7.28. The van der Waals surface area contributed by atoms with Gasteiger partial charge in [0.1, 0.15) is 0 Å². The number of aromatic nitrogens is 1. The fourth-order valence-electron chi connectivity index (χ4n) is 2.79. The molecule has 2 aromatic heterocycles. The summed E-state index contributed by atoms with van der Waals surface area (Å²) >= 11 is 0. The van der Waals surface area contributed by atoms with Gasteiger partial charge in [-0.15, -0.1) is 0 Å². The first kappa shape index (κ1) is 13.9. The van der Waals surface area contributed by atoms with Gasteiger partial charge in [-0.25, -0.2) is 0 Å². The van der Waals surface area contributed by atoms with Gasteiger partial charge in [0.2, 0.25) is 0 Å². The monoisotopic (exact) mass is 288 g/mol. The molecule has 112 valence electrons. The van der Waals surface area contributed by atoms with Crippen molar-refractivity contribution in [1.82, 2.24) is 9.47 Å². The highest BCUT2D eigenvalue weighted by molar-refractivity contribution is 5.92. The van der Waals surface area contributed by atoms with Crippen molar-refractivity contribution in [2.45, 2.75) is 33.0 Å². The predicted octanol–water partition coefficient (Wildman–Crippen LogP) is 2.45. The van der Waals surface area contributed by atoms with Crippen molar-refractivity contribution in [2.24, 2.45) is 0 Å². The van der Waals surface area contributed by atoms with E-state index < -0.39 is 0 Å².